The van der Waals surface area contributed by atoms with E-state index in [1.165, 1.54) is 31.4 Å². The molecule has 1 atom stereocenters. The first-order chi connectivity index (χ1) is 9.69. The van der Waals surface area contributed by atoms with Gasteiger partial charge >= 0.3 is 0 Å². The maximum Gasteiger partial charge on any atom is 0.123 e. The summed E-state index contributed by atoms with van der Waals surface area (Å²) in [5, 5.41) is 3.64. The van der Waals surface area contributed by atoms with Crippen LogP contribution in [0.25, 0.3) is 0 Å². The molecule has 1 aromatic rings. The molecule has 1 aliphatic heterocycles. The van der Waals surface area contributed by atoms with Gasteiger partial charge in [-0.15, -0.1) is 0 Å². The number of hydrogen-bond donors (Lipinski definition) is 1. The highest BCUT2D eigenvalue weighted by Gasteiger charge is 2.16. The maximum absolute atomic E-state index is 13.1. The Morgan fingerprint density at radius 3 is 3.00 bits per heavy atom. The molecule has 0 saturated carbocycles. The number of rotatable bonds is 5. The van der Waals surface area contributed by atoms with E-state index in [2.05, 4.69) is 17.1 Å². The zero-order valence-electron chi connectivity index (χ0n) is 12.8. The summed E-state index contributed by atoms with van der Waals surface area (Å²) in [6, 6.07) is 5.78. The van der Waals surface area contributed by atoms with Gasteiger partial charge in [-0.2, -0.15) is 0 Å². The molecule has 3 heteroatoms. The summed E-state index contributed by atoms with van der Waals surface area (Å²) < 4.78 is 13.1. The first-order valence-electron chi connectivity index (χ1n) is 7.90. The molecule has 0 radical (unpaired) electrons. The number of nitrogens with zero attached hydrogens (tertiary/aromatic N) is 1. The average Bonchev–Trinajstić information content (AvgIpc) is 2.63. The van der Waals surface area contributed by atoms with Crippen LogP contribution >= 0.6 is 0 Å². The predicted octanol–water partition coefficient (Wildman–Crippen LogP) is 3.14. The zero-order chi connectivity index (χ0) is 14.4. The van der Waals surface area contributed by atoms with Crippen molar-refractivity contribution in [2.75, 3.05) is 26.2 Å². The van der Waals surface area contributed by atoms with E-state index in [4.69, 9.17) is 0 Å². The standard InChI is InChI=1S/C17H27FN2/c1-3-5-17-13-20(10-4-9-19-17)11-8-15-6-7-16(18)12-14(15)2/h6-7,12,17,19H,3-5,8-11,13H2,1-2H3. The lowest BCUT2D eigenvalue weighted by Crippen LogP contribution is -2.38. The van der Waals surface area contributed by atoms with Gasteiger partial charge in [-0.05, 0) is 62.5 Å². The Kier molecular flexibility index (Phi) is 5.99. The molecule has 20 heavy (non-hydrogen) atoms. The Morgan fingerprint density at radius 2 is 2.25 bits per heavy atom. The van der Waals surface area contributed by atoms with Crippen molar-refractivity contribution >= 4 is 0 Å². The largest absolute Gasteiger partial charge is 0.313 e. The van der Waals surface area contributed by atoms with E-state index >= 15 is 0 Å². The highest BCUT2D eigenvalue weighted by Crippen LogP contribution is 2.13. The van der Waals surface area contributed by atoms with Gasteiger partial charge in [-0.1, -0.05) is 19.4 Å². The minimum Gasteiger partial charge on any atom is -0.313 e. The fourth-order valence-electron chi connectivity index (χ4n) is 3.04. The van der Waals surface area contributed by atoms with Gasteiger partial charge in [0.25, 0.3) is 0 Å². The Hall–Kier alpha value is -0.930. The van der Waals surface area contributed by atoms with E-state index in [9.17, 15) is 4.39 Å². The van der Waals surface area contributed by atoms with Gasteiger partial charge in [0.05, 0.1) is 0 Å². The van der Waals surface area contributed by atoms with E-state index in [1.54, 1.807) is 12.1 Å². The Balaban J connectivity index is 1.88. The van der Waals surface area contributed by atoms with Crippen molar-refractivity contribution in [3.8, 4) is 0 Å². The second kappa shape index (κ2) is 7.75. The quantitative estimate of drug-likeness (QED) is 0.890. The molecule has 1 aliphatic rings. The van der Waals surface area contributed by atoms with Crippen LogP contribution in [0, 0.1) is 12.7 Å². The van der Waals surface area contributed by atoms with Gasteiger partial charge in [0.1, 0.15) is 5.82 Å². The Bertz CT molecular complexity index is 419. The Labute approximate surface area is 122 Å². The third-order valence-corrected chi connectivity index (χ3v) is 4.20. The van der Waals surface area contributed by atoms with Crippen molar-refractivity contribution in [3.05, 3.63) is 35.1 Å². The average molecular weight is 278 g/mol. The molecule has 2 nitrogen and oxygen atoms in total. The minimum absolute atomic E-state index is 0.131. The number of nitrogens with one attached hydrogen (secondary N) is 1. The minimum atomic E-state index is -0.131. The van der Waals surface area contributed by atoms with Crippen LogP contribution in [-0.2, 0) is 6.42 Å². The third kappa shape index (κ3) is 4.57. The van der Waals surface area contributed by atoms with Crippen LogP contribution in [0.2, 0.25) is 0 Å². The summed E-state index contributed by atoms with van der Waals surface area (Å²) in [6.07, 6.45) is 4.74. The van der Waals surface area contributed by atoms with Crippen LogP contribution in [0.3, 0.4) is 0 Å². The highest BCUT2D eigenvalue weighted by atomic mass is 19.1. The molecule has 1 saturated heterocycles. The fourth-order valence-corrected chi connectivity index (χ4v) is 3.04. The smallest absolute Gasteiger partial charge is 0.123 e. The van der Waals surface area contributed by atoms with Gasteiger partial charge in [-0.3, -0.25) is 0 Å². The van der Waals surface area contributed by atoms with Crippen LogP contribution < -0.4 is 5.32 Å². The molecule has 0 aliphatic carbocycles. The summed E-state index contributed by atoms with van der Waals surface area (Å²) in [5.41, 5.74) is 2.35. The second-order valence-corrected chi connectivity index (χ2v) is 5.91. The van der Waals surface area contributed by atoms with Crippen LogP contribution in [-0.4, -0.2) is 37.1 Å². The first kappa shape index (κ1) is 15.5. The van der Waals surface area contributed by atoms with E-state index in [-0.39, 0.29) is 5.82 Å². The van der Waals surface area contributed by atoms with Gasteiger partial charge in [0.2, 0.25) is 0 Å². The molecule has 0 aromatic heterocycles. The summed E-state index contributed by atoms with van der Waals surface area (Å²) in [5.74, 6) is -0.131. The molecule has 1 fully saturated rings. The summed E-state index contributed by atoms with van der Waals surface area (Å²) in [6.45, 7) is 8.79. The molecule has 112 valence electrons. The molecule has 1 heterocycles. The number of aryl methyl sites for hydroxylation is 1. The van der Waals surface area contributed by atoms with E-state index < -0.39 is 0 Å². The topological polar surface area (TPSA) is 15.3 Å². The summed E-state index contributed by atoms with van der Waals surface area (Å²) >= 11 is 0. The normalized spacial score (nSPS) is 20.9. The van der Waals surface area contributed by atoms with Crippen molar-refractivity contribution in [2.24, 2.45) is 0 Å². The van der Waals surface area contributed by atoms with Crippen LogP contribution in [0.1, 0.15) is 37.3 Å². The fraction of sp³-hybridized carbons (Fsp3) is 0.647. The summed E-state index contributed by atoms with van der Waals surface area (Å²) in [4.78, 5) is 2.56. The summed E-state index contributed by atoms with van der Waals surface area (Å²) in [7, 11) is 0. The lowest BCUT2D eigenvalue weighted by molar-refractivity contribution is 0.265. The monoisotopic (exact) mass is 278 g/mol. The highest BCUT2D eigenvalue weighted by molar-refractivity contribution is 5.26. The van der Waals surface area contributed by atoms with Crippen LogP contribution in [0.5, 0.6) is 0 Å². The van der Waals surface area contributed by atoms with Gasteiger partial charge in [0, 0.05) is 19.1 Å². The van der Waals surface area contributed by atoms with E-state index in [1.807, 2.05) is 13.0 Å². The molecule has 2 rings (SSSR count). The SMILES string of the molecule is CCCC1CN(CCc2ccc(F)cc2C)CCCN1. The number of halogens is 1. The number of benzene rings is 1. The van der Waals surface area contributed by atoms with Crippen molar-refractivity contribution in [3.63, 3.8) is 0 Å². The van der Waals surface area contributed by atoms with Crippen LogP contribution in [0.15, 0.2) is 18.2 Å². The third-order valence-electron chi connectivity index (χ3n) is 4.20. The first-order valence-corrected chi connectivity index (χ1v) is 7.90. The second-order valence-electron chi connectivity index (χ2n) is 5.91. The van der Waals surface area contributed by atoms with Crippen molar-refractivity contribution in [1.29, 1.82) is 0 Å². The van der Waals surface area contributed by atoms with Crippen molar-refractivity contribution in [2.45, 2.75) is 45.6 Å². The Morgan fingerprint density at radius 1 is 1.40 bits per heavy atom. The molecular weight excluding hydrogens is 251 g/mol. The molecule has 0 bridgehead atoms. The van der Waals surface area contributed by atoms with Crippen molar-refractivity contribution in [1.82, 2.24) is 10.2 Å². The molecular formula is C17H27FN2. The van der Waals surface area contributed by atoms with Crippen molar-refractivity contribution < 1.29 is 4.39 Å². The zero-order valence-corrected chi connectivity index (χ0v) is 12.8. The predicted molar refractivity (Wildman–Crippen MR) is 82.6 cm³/mol. The molecule has 0 spiro atoms. The van der Waals surface area contributed by atoms with E-state index in [0.717, 1.165) is 31.6 Å². The molecule has 0 amide bonds. The van der Waals surface area contributed by atoms with Gasteiger partial charge in [-0.25, -0.2) is 4.39 Å². The number of hydrogen-bond acceptors (Lipinski definition) is 2. The molecule has 1 N–H and O–H groups in total. The van der Waals surface area contributed by atoms with Gasteiger partial charge in [0.15, 0.2) is 0 Å². The molecule has 1 aromatic carbocycles. The maximum atomic E-state index is 13.1. The lowest BCUT2D eigenvalue weighted by Gasteiger charge is -2.24. The lowest BCUT2D eigenvalue weighted by atomic mass is 10.1. The molecule has 1 unspecified atom stereocenters. The van der Waals surface area contributed by atoms with E-state index in [0.29, 0.717) is 6.04 Å². The van der Waals surface area contributed by atoms with Crippen LogP contribution in [0.4, 0.5) is 4.39 Å². The van der Waals surface area contributed by atoms with Gasteiger partial charge < -0.3 is 10.2 Å².